The van der Waals surface area contributed by atoms with Gasteiger partial charge in [0.05, 0.1) is 6.61 Å². The minimum Gasteiger partial charge on any atom is -0.490 e. The quantitative estimate of drug-likeness (QED) is 0.827. The van der Waals surface area contributed by atoms with E-state index in [0.29, 0.717) is 18.3 Å². The van der Waals surface area contributed by atoms with E-state index < -0.39 is 0 Å². The predicted octanol–water partition coefficient (Wildman–Crippen LogP) is 2.63. The highest BCUT2D eigenvalue weighted by Gasteiger charge is 2.22. The highest BCUT2D eigenvalue weighted by Crippen LogP contribution is 2.30. The van der Waals surface area contributed by atoms with Crippen LogP contribution in [0.4, 0.5) is 4.39 Å². The molecule has 0 radical (unpaired) electrons. The van der Waals surface area contributed by atoms with Crippen molar-refractivity contribution in [1.29, 1.82) is 0 Å². The van der Waals surface area contributed by atoms with Crippen LogP contribution in [0.2, 0.25) is 0 Å². The molecule has 0 aliphatic heterocycles. The first-order chi connectivity index (χ1) is 7.16. The van der Waals surface area contributed by atoms with Gasteiger partial charge in [-0.3, -0.25) is 0 Å². The van der Waals surface area contributed by atoms with Crippen LogP contribution in [0.5, 0.6) is 5.75 Å². The minimum absolute atomic E-state index is 0.142. The number of rotatable bonds is 4. The Morgan fingerprint density at radius 3 is 2.80 bits per heavy atom. The number of benzene rings is 1. The molecule has 1 aromatic carbocycles. The SMILES string of the molecule is C[C@H](N)c1ccc(OCC2CC2)c(F)c1. The summed E-state index contributed by atoms with van der Waals surface area (Å²) in [5.74, 6) is 0.661. The summed E-state index contributed by atoms with van der Waals surface area (Å²) < 4.78 is 18.9. The molecule has 0 spiro atoms. The van der Waals surface area contributed by atoms with Crippen LogP contribution in [0.3, 0.4) is 0 Å². The second-order valence-electron chi connectivity index (χ2n) is 4.23. The standard InChI is InChI=1S/C12H16FNO/c1-8(14)10-4-5-12(11(13)6-10)15-7-9-2-3-9/h4-6,8-9H,2-3,7,14H2,1H3/t8-/m0/s1. The van der Waals surface area contributed by atoms with Gasteiger partial charge in [-0.05, 0) is 43.4 Å². The van der Waals surface area contributed by atoms with Crippen LogP contribution in [0.1, 0.15) is 31.4 Å². The summed E-state index contributed by atoms with van der Waals surface area (Å²) in [6.45, 7) is 2.47. The molecule has 1 atom stereocenters. The largest absolute Gasteiger partial charge is 0.490 e. The molecule has 1 fully saturated rings. The summed E-state index contributed by atoms with van der Waals surface area (Å²) in [5.41, 5.74) is 6.45. The molecule has 2 nitrogen and oxygen atoms in total. The maximum Gasteiger partial charge on any atom is 0.165 e. The first kappa shape index (κ1) is 10.4. The van der Waals surface area contributed by atoms with Gasteiger partial charge in [-0.25, -0.2) is 4.39 Å². The Hall–Kier alpha value is -1.09. The van der Waals surface area contributed by atoms with Crippen molar-refractivity contribution in [3.63, 3.8) is 0 Å². The van der Waals surface area contributed by atoms with E-state index >= 15 is 0 Å². The fourth-order valence-electron chi connectivity index (χ4n) is 1.41. The lowest BCUT2D eigenvalue weighted by Crippen LogP contribution is -2.06. The Bertz CT molecular complexity index is 347. The average Bonchev–Trinajstić information content (AvgIpc) is 2.99. The Labute approximate surface area is 89.2 Å². The van der Waals surface area contributed by atoms with E-state index in [-0.39, 0.29) is 11.9 Å². The summed E-state index contributed by atoms with van der Waals surface area (Å²) in [6.07, 6.45) is 2.42. The molecular formula is C12H16FNO. The van der Waals surface area contributed by atoms with Gasteiger partial charge in [-0.2, -0.15) is 0 Å². The van der Waals surface area contributed by atoms with Crippen LogP contribution < -0.4 is 10.5 Å². The molecule has 15 heavy (non-hydrogen) atoms. The summed E-state index contributed by atoms with van der Waals surface area (Å²) in [4.78, 5) is 0. The van der Waals surface area contributed by atoms with Crippen LogP contribution >= 0.6 is 0 Å². The lowest BCUT2D eigenvalue weighted by Gasteiger charge is -2.09. The molecule has 0 saturated heterocycles. The first-order valence-electron chi connectivity index (χ1n) is 5.34. The Morgan fingerprint density at radius 2 is 2.27 bits per heavy atom. The monoisotopic (exact) mass is 209 g/mol. The van der Waals surface area contributed by atoms with Crippen LogP contribution in [-0.4, -0.2) is 6.61 Å². The van der Waals surface area contributed by atoms with Gasteiger partial charge in [0.15, 0.2) is 11.6 Å². The van der Waals surface area contributed by atoms with Crippen molar-refractivity contribution in [2.75, 3.05) is 6.61 Å². The predicted molar refractivity (Wildman–Crippen MR) is 57.2 cm³/mol. The molecule has 1 aliphatic carbocycles. The van der Waals surface area contributed by atoms with E-state index in [4.69, 9.17) is 10.5 Å². The van der Waals surface area contributed by atoms with Crippen molar-refractivity contribution in [2.45, 2.75) is 25.8 Å². The van der Waals surface area contributed by atoms with E-state index in [2.05, 4.69) is 0 Å². The molecule has 0 bridgehead atoms. The molecular weight excluding hydrogens is 193 g/mol. The fourth-order valence-corrected chi connectivity index (χ4v) is 1.41. The van der Waals surface area contributed by atoms with Crippen molar-refractivity contribution in [3.8, 4) is 5.75 Å². The normalized spacial score (nSPS) is 17.5. The Kier molecular flexibility index (Phi) is 2.91. The molecule has 1 aliphatic rings. The molecule has 0 unspecified atom stereocenters. The van der Waals surface area contributed by atoms with Crippen molar-refractivity contribution < 1.29 is 9.13 Å². The van der Waals surface area contributed by atoms with Gasteiger partial charge < -0.3 is 10.5 Å². The number of hydrogen-bond acceptors (Lipinski definition) is 2. The number of halogens is 1. The molecule has 1 saturated carbocycles. The lowest BCUT2D eigenvalue weighted by atomic mass is 10.1. The smallest absolute Gasteiger partial charge is 0.165 e. The number of ether oxygens (including phenoxy) is 1. The van der Waals surface area contributed by atoms with E-state index in [1.807, 2.05) is 13.0 Å². The fraction of sp³-hybridized carbons (Fsp3) is 0.500. The Morgan fingerprint density at radius 1 is 1.53 bits per heavy atom. The average molecular weight is 209 g/mol. The van der Waals surface area contributed by atoms with Crippen molar-refractivity contribution in [3.05, 3.63) is 29.6 Å². The van der Waals surface area contributed by atoms with Gasteiger partial charge in [-0.1, -0.05) is 6.07 Å². The summed E-state index contributed by atoms with van der Waals surface area (Å²) >= 11 is 0. The zero-order chi connectivity index (χ0) is 10.8. The molecule has 82 valence electrons. The van der Waals surface area contributed by atoms with Crippen LogP contribution in [0, 0.1) is 11.7 Å². The van der Waals surface area contributed by atoms with Gasteiger partial charge in [0.25, 0.3) is 0 Å². The third-order valence-corrected chi connectivity index (χ3v) is 2.65. The van der Waals surface area contributed by atoms with E-state index in [0.717, 1.165) is 5.56 Å². The van der Waals surface area contributed by atoms with Gasteiger partial charge in [-0.15, -0.1) is 0 Å². The van der Waals surface area contributed by atoms with Crippen molar-refractivity contribution in [2.24, 2.45) is 11.7 Å². The molecule has 2 N–H and O–H groups in total. The second-order valence-corrected chi connectivity index (χ2v) is 4.23. The summed E-state index contributed by atoms with van der Waals surface area (Å²) in [7, 11) is 0. The zero-order valence-corrected chi connectivity index (χ0v) is 8.87. The van der Waals surface area contributed by atoms with Crippen molar-refractivity contribution in [1.82, 2.24) is 0 Å². The summed E-state index contributed by atoms with van der Waals surface area (Å²) in [6, 6.07) is 4.79. The first-order valence-corrected chi connectivity index (χ1v) is 5.34. The minimum atomic E-state index is -0.314. The number of nitrogens with two attached hydrogens (primary N) is 1. The third kappa shape index (κ3) is 2.69. The number of hydrogen-bond donors (Lipinski definition) is 1. The van der Waals surface area contributed by atoms with Crippen LogP contribution in [-0.2, 0) is 0 Å². The molecule has 2 rings (SSSR count). The maximum absolute atomic E-state index is 13.5. The summed E-state index contributed by atoms with van der Waals surface area (Å²) in [5, 5.41) is 0. The highest BCUT2D eigenvalue weighted by molar-refractivity contribution is 5.30. The van der Waals surface area contributed by atoms with Gasteiger partial charge in [0.1, 0.15) is 0 Å². The van der Waals surface area contributed by atoms with Crippen LogP contribution in [0.25, 0.3) is 0 Å². The van der Waals surface area contributed by atoms with E-state index in [9.17, 15) is 4.39 Å². The molecule has 0 amide bonds. The van der Waals surface area contributed by atoms with E-state index in [1.54, 1.807) is 6.07 Å². The molecule has 3 heteroatoms. The maximum atomic E-state index is 13.5. The van der Waals surface area contributed by atoms with Gasteiger partial charge >= 0.3 is 0 Å². The van der Waals surface area contributed by atoms with E-state index in [1.165, 1.54) is 18.9 Å². The second kappa shape index (κ2) is 4.19. The highest BCUT2D eigenvalue weighted by atomic mass is 19.1. The zero-order valence-electron chi connectivity index (χ0n) is 8.87. The van der Waals surface area contributed by atoms with Gasteiger partial charge in [0, 0.05) is 6.04 Å². The third-order valence-electron chi connectivity index (χ3n) is 2.65. The molecule has 0 heterocycles. The lowest BCUT2D eigenvalue weighted by molar-refractivity contribution is 0.285. The Balaban J connectivity index is 2.04. The molecule has 0 aromatic heterocycles. The van der Waals surface area contributed by atoms with Crippen molar-refractivity contribution >= 4 is 0 Å². The molecule has 1 aromatic rings. The topological polar surface area (TPSA) is 35.2 Å². The van der Waals surface area contributed by atoms with Gasteiger partial charge in [0.2, 0.25) is 0 Å². The van der Waals surface area contributed by atoms with Crippen LogP contribution in [0.15, 0.2) is 18.2 Å².